The Balaban J connectivity index is 3.41. The summed E-state index contributed by atoms with van der Waals surface area (Å²) in [7, 11) is 0. The fourth-order valence-electron chi connectivity index (χ4n) is 1.21. The van der Waals surface area contributed by atoms with Crippen LogP contribution in [0.3, 0.4) is 0 Å². The van der Waals surface area contributed by atoms with Crippen molar-refractivity contribution in [3.05, 3.63) is 0 Å². The normalized spacial score (nSPS) is 12.9. The van der Waals surface area contributed by atoms with Gasteiger partial charge >= 0.3 is 0 Å². The standard InChI is InChI=1S/C12H26N2O/c1-10(2)11(3)9-14-12(15)7-5-4-6-8-13/h10-11H,4-9,13H2,1-3H3,(H,14,15). The molecule has 0 aromatic carbocycles. The van der Waals surface area contributed by atoms with Crippen LogP contribution in [-0.4, -0.2) is 19.0 Å². The number of rotatable bonds is 8. The molecule has 3 N–H and O–H groups in total. The van der Waals surface area contributed by atoms with Crippen molar-refractivity contribution < 1.29 is 4.79 Å². The molecular formula is C12H26N2O. The van der Waals surface area contributed by atoms with Gasteiger partial charge < -0.3 is 11.1 Å². The molecule has 0 saturated carbocycles. The Morgan fingerprint density at radius 1 is 1.20 bits per heavy atom. The molecule has 90 valence electrons. The molecule has 0 aliphatic heterocycles. The molecule has 0 heterocycles. The zero-order chi connectivity index (χ0) is 11.7. The highest BCUT2D eigenvalue weighted by molar-refractivity contribution is 5.75. The molecule has 0 fully saturated rings. The summed E-state index contributed by atoms with van der Waals surface area (Å²) in [5.41, 5.74) is 5.38. The summed E-state index contributed by atoms with van der Waals surface area (Å²) in [4.78, 5) is 11.4. The van der Waals surface area contributed by atoms with Crippen LogP contribution in [0.2, 0.25) is 0 Å². The number of hydrogen-bond donors (Lipinski definition) is 2. The van der Waals surface area contributed by atoms with Gasteiger partial charge in [-0.15, -0.1) is 0 Å². The lowest BCUT2D eigenvalue weighted by Gasteiger charge is -2.15. The van der Waals surface area contributed by atoms with E-state index in [1.165, 1.54) is 0 Å². The molecule has 0 bridgehead atoms. The van der Waals surface area contributed by atoms with E-state index in [0.29, 0.717) is 18.3 Å². The number of nitrogens with one attached hydrogen (secondary N) is 1. The van der Waals surface area contributed by atoms with Crippen molar-refractivity contribution in [3.63, 3.8) is 0 Å². The molecule has 0 saturated heterocycles. The lowest BCUT2D eigenvalue weighted by Crippen LogP contribution is -2.29. The number of carbonyl (C=O) groups is 1. The van der Waals surface area contributed by atoms with E-state index in [1.54, 1.807) is 0 Å². The van der Waals surface area contributed by atoms with E-state index in [9.17, 15) is 4.79 Å². The number of hydrogen-bond acceptors (Lipinski definition) is 2. The van der Waals surface area contributed by atoms with Gasteiger partial charge in [0.1, 0.15) is 0 Å². The first-order valence-corrected chi connectivity index (χ1v) is 6.04. The van der Waals surface area contributed by atoms with E-state index in [1.807, 2.05) is 0 Å². The van der Waals surface area contributed by atoms with Gasteiger partial charge in [-0.3, -0.25) is 4.79 Å². The minimum atomic E-state index is 0.180. The number of nitrogens with two attached hydrogens (primary N) is 1. The molecule has 0 radical (unpaired) electrons. The van der Waals surface area contributed by atoms with Gasteiger partial charge in [0.15, 0.2) is 0 Å². The van der Waals surface area contributed by atoms with Crippen molar-refractivity contribution in [1.82, 2.24) is 5.32 Å². The van der Waals surface area contributed by atoms with Gasteiger partial charge in [0.05, 0.1) is 0 Å². The fraction of sp³-hybridized carbons (Fsp3) is 0.917. The maximum atomic E-state index is 11.4. The third-order valence-corrected chi connectivity index (χ3v) is 2.87. The average Bonchev–Trinajstić information content (AvgIpc) is 2.20. The quantitative estimate of drug-likeness (QED) is 0.606. The first-order chi connectivity index (χ1) is 7.07. The van der Waals surface area contributed by atoms with E-state index >= 15 is 0 Å². The lowest BCUT2D eigenvalue weighted by atomic mass is 9.98. The largest absolute Gasteiger partial charge is 0.356 e. The van der Waals surface area contributed by atoms with E-state index < -0.39 is 0 Å². The molecule has 0 aliphatic carbocycles. The van der Waals surface area contributed by atoms with Crippen LogP contribution in [0, 0.1) is 11.8 Å². The molecule has 0 aromatic rings. The summed E-state index contributed by atoms with van der Waals surface area (Å²) in [6, 6.07) is 0. The van der Waals surface area contributed by atoms with Crippen LogP contribution in [0.5, 0.6) is 0 Å². The van der Waals surface area contributed by atoms with Crippen molar-refractivity contribution in [2.75, 3.05) is 13.1 Å². The van der Waals surface area contributed by atoms with Gasteiger partial charge in [-0.05, 0) is 31.2 Å². The van der Waals surface area contributed by atoms with Crippen LogP contribution in [0.1, 0.15) is 46.5 Å². The Morgan fingerprint density at radius 3 is 2.40 bits per heavy atom. The Kier molecular flexibility index (Phi) is 8.38. The Labute approximate surface area is 93.8 Å². The van der Waals surface area contributed by atoms with Crippen molar-refractivity contribution in [1.29, 1.82) is 0 Å². The predicted octanol–water partition coefficient (Wildman–Crippen LogP) is 1.91. The molecule has 0 aliphatic rings. The van der Waals surface area contributed by atoms with E-state index in [-0.39, 0.29) is 5.91 Å². The molecule has 3 heteroatoms. The van der Waals surface area contributed by atoms with Gasteiger partial charge in [-0.25, -0.2) is 0 Å². The molecule has 15 heavy (non-hydrogen) atoms. The first kappa shape index (κ1) is 14.4. The number of amides is 1. The van der Waals surface area contributed by atoms with E-state index in [2.05, 4.69) is 26.1 Å². The highest BCUT2D eigenvalue weighted by Gasteiger charge is 2.08. The van der Waals surface area contributed by atoms with Gasteiger partial charge in [-0.1, -0.05) is 27.2 Å². The van der Waals surface area contributed by atoms with Crippen LogP contribution >= 0.6 is 0 Å². The minimum absolute atomic E-state index is 0.180. The van der Waals surface area contributed by atoms with Gasteiger partial charge in [-0.2, -0.15) is 0 Å². The molecule has 1 amide bonds. The Hall–Kier alpha value is -0.570. The molecular weight excluding hydrogens is 188 g/mol. The third kappa shape index (κ3) is 8.43. The minimum Gasteiger partial charge on any atom is -0.356 e. The van der Waals surface area contributed by atoms with E-state index in [4.69, 9.17) is 5.73 Å². The predicted molar refractivity (Wildman–Crippen MR) is 64.5 cm³/mol. The van der Waals surface area contributed by atoms with Gasteiger partial charge in [0, 0.05) is 13.0 Å². The van der Waals surface area contributed by atoms with Crippen molar-refractivity contribution in [3.8, 4) is 0 Å². The van der Waals surface area contributed by atoms with Crippen LogP contribution in [0.15, 0.2) is 0 Å². The zero-order valence-electron chi connectivity index (χ0n) is 10.4. The Bertz CT molecular complexity index is 169. The molecule has 0 aromatic heterocycles. The summed E-state index contributed by atoms with van der Waals surface area (Å²) in [5.74, 6) is 1.36. The summed E-state index contributed by atoms with van der Waals surface area (Å²) in [6.07, 6.45) is 3.68. The fourth-order valence-corrected chi connectivity index (χ4v) is 1.21. The highest BCUT2D eigenvalue weighted by atomic mass is 16.1. The van der Waals surface area contributed by atoms with Gasteiger partial charge in [0.2, 0.25) is 5.91 Å². The summed E-state index contributed by atoms with van der Waals surface area (Å²) < 4.78 is 0. The van der Waals surface area contributed by atoms with Crippen molar-refractivity contribution >= 4 is 5.91 Å². The molecule has 0 spiro atoms. The molecule has 0 rings (SSSR count). The SMILES string of the molecule is CC(C)C(C)CNC(=O)CCCCCN. The monoisotopic (exact) mass is 214 g/mol. The second kappa shape index (κ2) is 8.72. The van der Waals surface area contributed by atoms with Crippen LogP contribution in [0.25, 0.3) is 0 Å². The first-order valence-electron chi connectivity index (χ1n) is 6.04. The van der Waals surface area contributed by atoms with E-state index in [0.717, 1.165) is 32.4 Å². The van der Waals surface area contributed by atoms with Crippen molar-refractivity contribution in [2.24, 2.45) is 17.6 Å². The van der Waals surface area contributed by atoms with Crippen LogP contribution < -0.4 is 11.1 Å². The topological polar surface area (TPSA) is 55.1 Å². The zero-order valence-corrected chi connectivity index (χ0v) is 10.4. The molecule has 1 atom stereocenters. The maximum absolute atomic E-state index is 11.4. The second-order valence-corrected chi connectivity index (χ2v) is 4.62. The maximum Gasteiger partial charge on any atom is 0.220 e. The summed E-state index contributed by atoms with van der Waals surface area (Å²) in [5, 5.41) is 2.97. The van der Waals surface area contributed by atoms with Gasteiger partial charge in [0.25, 0.3) is 0 Å². The Morgan fingerprint density at radius 2 is 1.87 bits per heavy atom. The second-order valence-electron chi connectivity index (χ2n) is 4.62. The van der Waals surface area contributed by atoms with Crippen LogP contribution in [-0.2, 0) is 4.79 Å². The molecule has 3 nitrogen and oxygen atoms in total. The summed E-state index contributed by atoms with van der Waals surface area (Å²) in [6.45, 7) is 8.05. The highest BCUT2D eigenvalue weighted by Crippen LogP contribution is 2.07. The van der Waals surface area contributed by atoms with Crippen LogP contribution in [0.4, 0.5) is 0 Å². The smallest absolute Gasteiger partial charge is 0.220 e. The molecule has 1 unspecified atom stereocenters. The third-order valence-electron chi connectivity index (χ3n) is 2.87. The average molecular weight is 214 g/mol. The lowest BCUT2D eigenvalue weighted by molar-refractivity contribution is -0.121. The number of carbonyl (C=O) groups excluding carboxylic acids is 1. The summed E-state index contributed by atoms with van der Waals surface area (Å²) >= 11 is 0. The van der Waals surface area contributed by atoms with Crippen molar-refractivity contribution in [2.45, 2.75) is 46.5 Å². The number of unbranched alkanes of at least 4 members (excludes halogenated alkanes) is 2.